The van der Waals surface area contributed by atoms with Crippen LogP contribution in [0.5, 0.6) is 5.75 Å². The highest BCUT2D eigenvalue weighted by Crippen LogP contribution is 2.39. The topological polar surface area (TPSA) is 47.0 Å². The molecule has 4 aromatic rings. The van der Waals surface area contributed by atoms with Crippen LogP contribution in [0.15, 0.2) is 72.4 Å². The molecule has 0 saturated carbocycles. The molecule has 0 saturated heterocycles. The molecule has 0 amide bonds. The fraction of sp³-hybridized carbons (Fsp3) is 0.200. The molecule has 1 N–H and O–H groups in total. The number of halogens is 4. The lowest BCUT2D eigenvalue weighted by Crippen LogP contribution is -2.10. The Labute approximate surface area is 198 Å². The fourth-order valence-electron chi connectivity index (χ4n) is 3.32. The first kappa shape index (κ1) is 23.7. The van der Waals surface area contributed by atoms with Gasteiger partial charge in [0.2, 0.25) is 0 Å². The molecule has 2 aromatic heterocycles. The van der Waals surface area contributed by atoms with Crippen molar-refractivity contribution in [3.63, 3.8) is 0 Å². The van der Waals surface area contributed by atoms with Crippen LogP contribution >= 0.6 is 11.3 Å². The van der Waals surface area contributed by atoms with Gasteiger partial charge in [0, 0.05) is 29.0 Å². The van der Waals surface area contributed by atoms with Gasteiger partial charge in [-0.1, -0.05) is 12.1 Å². The molecular formula is C25H21F4N3OS. The lowest BCUT2D eigenvalue weighted by Gasteiger charge is -2.15. The van der Waals surface area contributed by atoms with E-state index in [2.05, 4.69) is 15.3 Å². The number of pyridine rings is 1. The number of hydrogen-bond donors (Lipinski definition) is 1. The van der Waals surface area contributed by atoms with Gasteiger partial charge in [-0.05, 0) is 67.3 Å². The largest absolute Gasteiger partial charge is 0.493 e. The van der Waals surface area contributed by atoms with Crippen LogP contribution in [0.4, 0.5) is 28.4 Å². The quantitative estimate of drug-likeness (QED) is 0.196. The Balaban J connectivity index is 1.37. The predicted octanol–water partition coefficient (Wildman–Crippen LogP) is 7.51. The van der Waals surface area contributed by atoms with Crippen LogP contribution in [0.25, 0.3) is 11.3 Å². The molecule has 4 nitrogen and oxygen atoms in total. The Kier molecular flexibility index (Phi) is 7.42. The number of nitrogens with zero attached hydrogens (tertiary/aromatic N) is 2. The standard InChI is InChI=1S/C25H21F4N3OS/c26-19-8-6-17(7-9-19)4-1-2-13-33-23-11-10-20(14-21(23)25(27,28)29)31-24-32-22(16-34-24)18-5-3-12-30-15-18/h3,5-12,14-16H,1-2,4,13H2,(H,31,32). The molecule has 0 bridgehead atoms. The van der Waals surface area contributed by atoms with Crippen LogP contribution in [0.1, 0.15) is 24.0 Å². The summed E-state index contributed by atoms with van der Waals surface area (Å²) in [7, 11) is 0. The number of ether oxygens (including phenoxy) is 1. The third-order valence-corrected chi connectivity index (χ3v) is 5.79. The molecule has 0 atom stereocenters. The summed E-state index contributed by atoms with van der Waals surface area (Å²) in [5.74, 6) is -0.511. The Morgan fingerprint density at radius 2 is 1.82 bits per heavy atom. The maximum absolute atomic E-state index is 13.7. The third kappa shape index (κ3) is 6.32. The van der Waals surface area contributed by atoms with E-state index in [1.807, 2.05) is 11.4 Å². The molecule has 0 radical (unpaired) electrons. The minimum absolute atomic E-state index is 0.151. The smallest absolute Gasteiger partial charge is 0.420 e. The molecule has 0 aliphatic rings. The lowest BCUT2D eigenvalue weighted by molar-refractivity contribution is -0.138. The number of thiazole rings is 1. The van der Waals surface area contributed by atoms with Crippen molar-refractivity contribution in [3.05, 3.63) is 89.3 Å². The Bertz CT molecular complexity index is 1210. The van der Waals surface area contributed by atoms with E-state index < -0.39 is 11.7 Å². The van der Waals surface area contributed by atoms with Crippen LogP contribution in [0.3, 0.4) is 0 Å². The number of hydrogen-bond acceptors (Lipinski definition) is 5. The van der Waals surface area contributed by atoms with Crippen molar-refractivity contribution < 1.29 is 22.3 Å². The molecule has 9 heteroatoms. The molecule has 0 aliphatic carbocycles. The third-order valence-electron chi connectivity index (χ3n) is 5.03. The first-order valence-corrected chi connectivity index (χ1v) is 11.5. The average Bonchev–Trinajstić information content (AvgIpc) is 3.29. The van der Waals surface area contributed by atoms with Gasteiger partial charge in [-0.15, -0.1) is 11.3 Å². The van der Waals surface area contributed by atoms with Crippen LogP contribution in [-0.4, -0.2) is 16.6 Å². The first-order valence-electron chi connectivity index (χ1n) is 10.6. The van der Waals surface area contributed by atoms with Crippen molar-refractivity contribution in [2.45, 2.75) is 25.4 Å². The van der Waals surface area contributed by atoms with Gasteiger partial charge in [0.1, 0.15) is 11.6 Å². The van der Waals surface area contributed by atoms with Crippen molar-refractivity contribution >= 4 is 22.2 Å². The van der Waals surface area contributed by atoms with Crippen molar-refractivity contribution in [2.75, 3.05) is 11.9 Å². The minimum atomic E-state index is -4.56. The summed E-state index contributed by atoms with van der Waals surface area (Å²) in [6.07, 6.45) is 0.758. The number of anilines is 2. The predicted molar refractivity (Wildman–Crippen MR) is 125 cm³/mol. The molecule has 4 rings (SSSR count). The molecule has 34 heavy (non-hydrogen) atoms. The highest BCUT2D eigenvalue weighted by Gasteiger charge is 2.34. The SMILES string of the molecule is Fc1ccc(CCCCOc2ccc(Nc3nc(-c4cccnc4)cs3)cc2C(F)(F)F)cc1. The van der Waals surface area contributed by atoms with Gasteiger partial charge in [-0.2, -0.15) is 13.2 Å². The molecular weight excluding hydrogens is 466 g/mol. The van der Waals surface area contributed by atoms with E-state index in [-0.39, 0.29) is 23.9 Å². The summed E-state index contributed by atoms with van der Waals surface area (Å²) < 4.78 is 59.4. The van der Waals surface area contributed by atoms with E-state index in [1.54, 1.807) is 30.6 Å². The maximum Gasteiger partial charge on any atom is 0.420 e. The second-order valence-corrected chi connectivity index (χ2v) is 8.40. The summed E-state index contributed by atoms with van der Waals surface area (Å²) >= 11 is 1.29. The fourth-order valence-corrected chi connectivity index (χ4v) is 4.06. The molecule has 2 aromatic carbocycles. The van der Waals surface area contributed by atoms with Gasteiger partial charge in [-0.3, -0.25) is 4.98 Å². The Hall–Kier alpha value is -3.46. The zero-order chi connectivity index (χ0) is 24.0. The summed E-state index contributed by atoms with van der Waals surface area (Å²) in [4.78, 5) is 8.47. The number of nitrogens with one attached hydrogen (secondary N) is 1. The number of unbranched alkanes of at least 4 members (excludes halogenated alkanes) is 1. The van der Waals surface area contributed by atoms with Crippen molar-refractivity contribution in [3.8, 4) is 17.0 Å². The van der Waals surface area contributed by atoms with E-state index in [4.69, 9.17) is 4.74 Å². The van der Waals surface area contributed by atoms with E-state index in [9.17, 15) is 17.6 Å². The summed E-state index contributed by atoms with van der Waals surface area (Å²) in [6, 6.07) is 13.7. The highest BCUT2D eigenvalue weighted by molar-refractivity contribution is 7.14. The number of aryl methyl sites for hydroxylation is 1. The summed E-state index contributed by atoms with van der Waals surface area (Å²) in [5, 5.41) is 5.22. The first-order chi connectivity index (χ1) is 16.4. The van der Waals surface area contributed by atoms with Crippen LogP contribution < -0.4 is 10.1 Å². The molecule has 2 heterocycles. The monoisotopic (exact) mass is 487 g/mol. The van der Waals surface area contributed by atoms with Gasteiger partial charge in [-0.25, -0.2) is 9.37 Å². The zero-order valence-corrected chi connectivity index (χ0v) is 18.8. The van der Waals surface area contributed by atoms with Gasteiger partial charge < -0.3 is 10.1 Å². The number of alkyl halides is 3. The van der Waals surface area contributed by atoms with Crippen molar-refractivity contribution in [1.82, 2.24) is 9.97 Å². The second kappa shape index (κ2) is 10.6. The van der Waals surface area contributed by atoms with Crippen LogP contribution in [0, 0.1) is 5.82 Å². The molecule has 0 aliphatic heterocycles. The van der Waals surface area contributed by atoms with E-state index >= 15 is 0 Å². The van der Waals surface area contributed by atoms with E-state index in [0.29, 0.717) is 23.7 Å². The summed E-state index contributed by atoms with van der Waals surface area (Å²) in [5.41, 5.74) is 1.91. The van der Waals surface area contributed by atoms with Gasteiger partial charge in [0.25, 0.3) is 0 Å². The summed E-state index contributed by atoms with van der Waals surface area (Å²) in [6.45, 7) is 0.151. The van der Waals surface area contributed by atoms with Gasteiger partial charge in [0.05, 0.1) is 17.9 Å². The lowest BCUT2D eigenvalue weighted by atomic mass is 10.1. The van der Waals surface area contributed by atoms with Gasteiger partial charge in [0.15, 0.2) is 5.13 Å². The molecule has 176 valence electrons. The van der Waals surface area contributed by atoms with E-state index in [0.717, 1.165) is 23.6 Å². The normalized spacial score (nSPS) is 11.4. The van der Waals surface area contributed by atoms with Crippen LogP contribution in [-0.2, 0) is 12.6 Å². The van der Waals surface area contributed by atoms with Crippen molar-refractivity contribution in [2.24, 2.45) is 0 Å². The molecule has 0 spiro atoms. The number of rotatable bonds is 9. The van der Waals surface area contributed by atoms with Gasteiger partial charge >= 0.3 is 6.18 Å². The maximum atomic E-state index is 13.7. The van der Waals surface area contributed by atoms with E-state index in [1.165, 1.54) is 35.6 Å². The number of aromatic nitrogens is 2. The Morgan fingerprint density at radius 1 is 1.00 bits per heavy atom. The minimum Gasteiger partial charge on any atom is -0.493 e. The zero-order valence-electron chi connectivity index (χ0n) is 18.0. The highest BCUT2D eigenvalue weighted by atomic mass is 32.1. The number of benzene rings is 2. The van der Waals surface area contributed by atoms with Crippen molar-refractivity contribution in [1.29, 1.82) is 0 Å². The Morgan fingerprint density at radius 3 is 2.56 bits per heavy atom. The molecule has 0 unspecified atom stereocenters. The second-order valence-electron chi connectivity index (χ2n) is 7.55. The van der Waals surface area contributed by atoms with Crippen LogP contribution in [0.2, 0.25) is 0 Å². The molecule has 0 fully saturated rings. The average molecular weight is 488 g/mol.